The summed E-state index contributed by atoms with van der Waals surface area (Å²) in [4.78, 5) is 41.5. The number of nitrogen functional groups attached to an aromatic ring is 1. The summed E-state index contributed by atoms with van der Waals surface area (Å²) in [5.41, 5.74) is 5.34. The minimum absolute atomic E-state index is 0.00968. The second-order valence-corrected chi connectivity index (χ2v) is 7.03. The van der Waals surface area contributed by atoms with E-state index in [-0.39, 0.29) is 17.4 Å². The predicted octanol–water partition coefficient (Wildman–Crippen LogP) is 2.51. The molecule has 3 N–H and O–H groups in total. The second kappa shape index (κ2) is 8.75. The van der Waals surface area contributed by atoms with E-state index in [1.807, 2.05) is 20.8 Å². The van der Waals surface area contributed by atoms with Gasteiger partial charge in [0.2, 0.25) is 0 Å². The highest BCUT2D eigenvalue weighted by Gasteiger charge is 2.27. The number of hydrogen-bond acceptors (Lipinski definition) is 5. The Labute approximate surface area is 158 Å². The normalized spacial score (nSPS) is 11.1. The Morgan fingerprint density at radius 2 is 2.07 bits per heavy atom. The van der Waals surface area contributed by atoms with Crippen molar-refractivity contribution in [3.05, 3.63) is 44.5 Å². The van der Waals surface area contributed by atoms with Crippen LogP contribution in [0.15, 0.2) is 26.3 Å². The number of furan rings is 1. The SMILES string of the molecule is CCCCn1c(N)c(N(CCC(C)C)C(=O)c2ccoc2C)c(=O)[nH]c1=O. The van der Waals surface area contributed by atoms with E-state index in [0.29, 0.717) is 36.8 Å². The molecule has 0 saturated carbocycles. The molecule has 148 valence electrons. The van der Waals surface area contributed by atoms with E-state index in [0.717, 1.165) is 12.8 Å². The van der Waals surface area contributed by atoms with E-state index >= 15 is 0 Å². The Kier molecular flexibility index (Phi) is 6.65. The van der Waals surface area contributed by atoms with Crippen molar-refractivity contribution in [2.24, 2.45) is 5.92 Å². The number of aromatic nitrogens is 2. The number of nitrogens with two attached hydrogens (primary N) is 1. The lowest BCUT2D eigenvalue weighted by Crippen LogP contribution is -2.42. The van der Waals surface area contributed by atoms with E-state index in [1.54, 1.807) is 13.0 Å². The lowest BCUT2D eigenvalue weighted by atomic mass is 10.1. The van der Waals surface area contributed by atoms with Gasteiger partial charge in [0.1, 0.15) is 11.6 Å². The fourth-order valence-electron chi connectivity index (χ4n) is 2.83. The number of H-pyrrole nitrogens is 1. The van der Waals surface area contributed by atoms with Gasteiger partial charge in [0.05, 0.1) is 11.8 Å². The number of amides is 1. The van der Waals surface area contributed by atoms with Crippen LogP contribution in [0.2, 0.25) is 0 Å². The highest BCUT2D eigenvalue weighted by molar-refractivity contribution is 6.07. The molecule has 0 atom stereocenters. The molecule has 8 nitrogen and oxygen atoms in total. The van der Waals surface area contributed by atoms with Crippen molar-refractivity contribution in [2.75, 3.05) is 17.2 Å². The first-order valence-electron chi connectivity index (χ1n) is 9.26. The topological polar surface area (TPSA) is 114 Å². The standard InChI is InChI=1S/C19H28N4O4/c1-5-6-9-23-16(20)15(17(24)21-19(23)26)22(10-7-12(2)3)18(25)14-8-11-27-13(14)4/h8,11-12H,5-7,9-10,20H2,1-4H3,(H,21,24,26). The lowest BCUT2D eigenvalue weighted by Gasteiger charge is -2.25. The van der Waals surface area contributed by atoms with E-state index in [1.165, 1.54) is 15.7 Å². The maximum absolute atomic E-state index is 13.1. The molecule has 0 spiro atoms. The minimum Gasteiger partial charge on any atom is -0.469 e. The molecule has 0 radical (unpaired) electrons. The van der Waals surface area contributed by atoms with Crippen molar-refractivity contribution >= 4 is 17.4 Å². The third-order valence-electron chi connectivity index (χ3n) is 4.48. The summed E-state index contributed by atoms with van der Waals surface area (Å²) in [7, 11) is 0. The monoisotopic (exact) mass is 376 g/mol. The van der Waals surface area contributed by atoms with Crippen LogP contribution in [0.5, 0.6) is 0 Å². The lowest BCUT2D eigenvalue weighted by molar-refractivity contribution is 0.0984. The van der Waals surface area contributed by atoms with Gasteiger partial charge >= 0.3 is 5.69 Å². The summed E-state index contributed by atoms with van der Waals surface area (Å²) in [6.45, 7) is 8.42. The zero-order valence-electron chi connectivity index (χ0n) is 16.4. The van der Waals surface area contributed by atoms with Gasteiger partial charge in [0, 0.05) is 13.1 Å². The summed E-state index contributed by atoms with van der Waals surface area (Å²) in [5.74, 6) is 0.413. The number of aryl methyl sites for hydroxylation is 1. The molecule has 2 aromatic rings. The van der Waals surface area contributed by atoms with Crippen LogP contribution < -0.4 is 21.9 Å². The number of nitrogens with one attached hydrogen (secondary N) is 1. The van der Waals surface area contributed by atoms with Crippen molar-refractivity contribution in [1.82, 2.24) is 9.55 Å². The second-order valence-electron chi connectivity index (χ2n) is 7.03. The first kappa shape index (κ1) is 20.5. The van der Waals surface area contributed by atoms with Gasteiger partial charge in [0.25, 0.3) is 11.5 Å². The number of unbranched alkanes of at least 4 members (excludes halogenated alkanes) is 1. The predicted molar refractivity (Wildman–Crippen MR) is 105 cm³/mol. The minimum atomic E-state index is -0.663. The van der Waals surface area contributed by atoms with Crippen molar-refractivity contribution in [1.29, 1.82) is 0 Å². The molecule has 1 amide bonds. The average molecular weight is 376 g/mol. The smallest absolute Gasteiger partial charge is 0.330 e. The Morgan fingerprint density at radius 1 is 1.37 bits per heavy atom. The highest BCUT2D eigenvalue weighted by atomic mass is 16.3. The van der Waals surface area contributed by atoms with Crippen LogP contribution >= 0.6 is 0 Å². The summed E-state index contributed by atoms with van der Waals surface area (Å²) >= 11 is 0. The number of nitrogens with zero attached hydrogens (tertiary/aromatic N) is 2. The number of anilines is 2. The Balaban J connectivity index is 2.58. The molecule has 0 fully saturated rings. The number of hydrogen-bond donors (Lipinski definition) is 2. The molecular weight excluding hydrogens is 348 g/mol. The summed E-state index contributed by atoms with van der Waals surface area (Å²) in [6.07, 6.45) is 3.70. The number of carbonyl (C=O) groups is 1. The maximum atomic E-state index is 13.1. The highest BCUT2D eigenvalue weighted by Crippen LogP contribution is 2.22. The molecule has 0 aliphatic carbocycles. The molecule has 2 heterocycles. The first-order valence-corrected chi connectivity index (χ1v) is 9.26. The van der Waals surface area contributed by atoms with Crippen LogP contribution in [0.25, 0.3) is 0 Å². The number of carbonyl (C=O) groups excluding carboxylic acids is 1. The molecule has 0 aliphatic heterocycles. The van der Waals surface area contributed by atoms with Gasteiger partial charge in [-0.1, -0.05) is 27.2 Å². The van der Waals surface area contributed by atoms with Crippen LogP contribution in [0.3, 0.4) is 0 Å². The molecular formula is C19H28N4O4. The maximum Gasteiger partial charge on any atom is 0.330 e. The molecule has 0 unspecified atom stereocenters. The fraction of sp³-hybridized carbons (Fsp3) is 0.526. The number of rotatable bonds is 8. The van der Waals surface area contributed by atoms with Gasteiger partial charge in [-0.25, -0.2) is 4.79 Å². The Morgan fingerprint density at radius 3 is 2.63 bits per heavy atom. The van der Waals surface area contributed by atoms with E-state index in [2.05, 4.69) is 4.98 Å². The van der Waals surface area contributed by atoms with Crippen molar-refractivity contribution in [2.45, 2.75) is 53.5 Å². The van der Waals surface area contributed by atoms with Crippen LogP contribution in [0, 0.1) is 12.8 Å². The average Bonchev–Trinajstić information content (AvgIpc) is 3.02. The summed E-state index contributed by atoms with van der Waals surface area (Å²) < 4.78 is 6.55. The zero-order chi connectivity index (χ0) is 20.1. The van der Waals surface area contributed by atoms with Crippen LogP contribution in [-0.2, 0) is 6.54 Å². The van der Waals surface area contributed by atoms with Gasteiger partial charge in [-0.3, -0.25) is 19.1 Å². The van der Waals surface area contributed by atoms with E-state index in [4.69, 9.17) is 10.2 Å². The van der Waals surface area contributed by atoms with Gasteiger partial charge in [0.15, 0.2) is 5.69 Å². The molecule has 27 heavy (non-hydrogen) atoms. The largest absolute Gasteiger partial charge is 0.469 e. The summed E-state index contributed by atoms with van der Waals surface area (Å²) in [5, 5.41) is 0. The van der Waals surface area contributed by atoms with Gasteiger partial charge in [-0.2, -0.15) is 0 Å². The third kappa shape index (κ3) is 4.50. The molecule has 0 saturated heterocycles. The van der Waals surface area contributed by atoms with Crippen molar-refractivity contribution < 1.29 is 9.21 Å². The Bertz CT molecular complexity index is 907. The van der Waals surface area contributed by atoms with Crippen molar-refractivity contribution in [3.63, 3.8) is 0 Å². The first-order chi connectivity index (χ1) is 12.8. The van der Waals surface area contributed by atoms with Crippen LogP contribution in [0.1, 0.15) is 56.2 Å². The molecule has 8 heteroatoms. The summed E-state index contributed by atoms with van der Waals surface area (Å²) in [6, 6.07) is 1.57. The van der Waals surface area contributed by atoms with Gasteiger partial charge < -0.3 is 15.1 Å². The van der Waals surface area contributed by atoms with Crippen LogP contribution in [-0.4, -0.2) is 22.0 Å². The van der Waals surface area contributed by atoms with E-state index in [9.17, 15) is 14.4 Å². The molecule has 0 aromatic carbocycles. The van der Waals surface area contributed by atoms with Crippen molar-refractivity contribution in [3.8, 4) is 0 Å². The molecule has 0 bridgehead atoms. The van der Waals surface area contributed by atoms with Gasteiger partial charge in [-0.05, 0) is 31.7 Å². The molecule has 2 rings (SSSR count). The molecule has 2 aromatic heterocycles. The van der Waals surface area contributed by atoms with E-state index < -0.39 is 11.2 Å². The third-order valence-corrected chi connectivity index (χ3v) is 4.48. The zero-order valence-corrected chi connectivity index (χ0v) is 16.4. The number of aromatic amines is 1. The van der Waals surface area contributed by atoms with Crippen LogP contribution in [0.4, 0.5) is 11.5 Å². The quantitative estimate of drug-likeness (QED) is 0.735. The molecule has 0 aliphatic rings. The fourth-order valence-corrected chi connectivity index (χ4v) is 2.83. The Hall–Kier alpha value is -2.77. The van der Waals surface area contributed by atoms with Gasteiger partial charge in [-0.15, -0.1) is 0 Å².